The molecule has 1 heterocycles. The third-order valence-electron chi connectivity index (χ3n) is 3.87. The summed E-state index contributed by atoms with van der Waals surface area (Å²) in [7, 11) is 1.36. The van der Waals surface area contributed by atoms with Crippen molar-refractivity contribution >= 4 is 23.3 Å². The number of methoxy groups -OCH3 is 1. The lowest BCUT2D eigenvalue weighted by atomic mass is 10.0. The molecule has 0 atom stereocenters. The van der Waals surface area contributed by atoms with E-state index in [1.54, 1.807) is 12.1 Å². The predicted molar refractivity (Wildman–Crippen MR) is 86.2 cm³/mol. The highest BCUT2D eigenvalue weighted by Crippen LogP contribution is 2.23. The molecule has 1 aromatic rings. The van der Waals surface area contributed by atoms with Crippen LogP contribution in [0.5, 0.6) is 0 Å². The average molecular weight is 311 g/mol. The molecule has 0 aliphatic carbocycles. The maximum absolute atomic E-state index is 11.7. The first-order valence-electron chi connectivity index (χ1n) is 7.50. The van der Waals surface area contributed by atoms with Crippen molar-refractivity contribution in [2.75, 3.05) is 32.1 Å². The van der Waals surface area contributed by atoms with Gasteiger partial charge in [0, 0.05) is 24.8 Å². The Bertz CT molecular complexity index is 485. The molecule has 4 nitrogen and oxygen atoms in total. The third-order valence-corrected chi connectivity index (χ3v) is 4.20. The molecule has 1 N–H and O–H groups in total. The monoisotopic (exact) mass is 310 g/mol. The van der Waals surface area contributed by atoms with Gasteiger partial charge < -0.3 is 15.0 Å². The number of halogens is 1. The molecule has 0 aromatic heterocycles. The second-order valence-electron chi connectivity index (χ2n) is 5.45. The minimum absolute atomic E-state index is 0.401. The minimum atomic E-state index is -0.401. The SMILES string of the molecule is CCCN1CCC(Nc2ccc(Cl)c(C(=O)OC)c2)CC1. The zero-order valence-electron chi connectivity index (χ0n) is 12.7. The number of carbonyl (C=O) groups excluding carboxylic acids is 1. The number of hydrogen-bond acceptors (Lipinski definition) is 4. The zero-order valence-corrected chi connectivity index (χ0v) is 13.4. The van der Waals surface area contributed by atoms with Crippen molar-refractivity contribution in [2.24, 2.45) is 0 Å². The Morgan fingerprint density at radius 1 is 1.43 bits per heavy atom. The second kappa shape index (κ2) is 7.66. The Morgan fingerprint density at radius 3 is 2.76 bits per heavy atom. The predicted octanol–water partition coefficient (Wildman–Crippen LogP) is 3.41. The number of likely N-dealkylation sites (tertiary alicyclic amines) is 1. The Morgan fingerprint density at radius 2 is 2.14 bits per heavy atom. The Balaban J connectivity index is 1.96. The maximum Gasteiger partial charge on any atom is 0.339 e. The van der Waals surface area contributed by atoms with Crippen molar-refractivity contribution in [1.29, 1.82) is 0 Å². The lowest BCUT2D eigenvalue weighted by molar-refractivity contribution is 0.0601. The first-order chi connectivity index (χ1) is 10.1. The summed E-state index contributed by atoms with van der Waals surface area (Å²) in [6.07, 6.45) is 3.45. The number of anilines is 1. The van der Waals surface area contributed by atoms with Gasteiger partial charge in [-0.2, -0.15) is 0 Å². The largest absolute Gasteiger partial charge is 0.465 e. The van der Waals surface area contributed by atoms with E-state index < -0.39 is 5.97 Å². The molecule has 21 heavy (non-hydrogen) atoms. The number of esters is 1. The van der Waals surface area contributed by atoms with Gasteiger partial charge in [-0.15, -0.1) is 0 Å². The van der Waals surface area contributed by atoms with Crippen LogP contribution in [0.15, 0.2) is 18.2 Å². The molecule has 2 rings (SSSR count). The normalized spacial score (nSPS) is 16.7. The van der Waals surface area contributed by atoms with Crippen LogP contribution in [-0.4, -0.2) is 43.7 Å². The van der Waals surface area contributed by atoms with Crippen LogP contribution in [0.4, 0.5) is 5.69 Å². The molecule has 1 aliphatic rings. The fraction of sp³-hybridized carbons (Fsp3) is 0.562. The van der Waals surface area contributed by atoms with E-state index in [2.05, 4.69) is 17.1 Å². The van der Waals surface area contributed by atoms with Crippen molar-refractivity contribution < 1.29 is 9.53 Å². The van der Waals surface area contributed by atoms with Gasteiger partial charge in [-0.05, 0) is 44.0 Å². The topological polar surface area (TPSA) is 41.6 Å². The molecule has 0 bridgehead atoms. The van der Waals surface area contributed by atoms with Gasteiger partial charge in [0.15, 0.2) is 0 Å². The number of carbonyl (C=O) groups is 1. The van der Waals surface area contributed by atoms with Crippen LogP contribution in [0.3, 0.4) is 0 Å². The third kappa shape index (κ3) is 4.35. The van der Waals surface area contributed by atoms with E-state index in [9.17, 15) is 4.79 Å². The highest BCUT2D eigenvalue weighted by molar-refractivity contribution is 6.33. The zero-order chi connectivity index (χ0) is 15.2. The molecule has 0 unspecified atom stereocenters. The molecule has 1 saturated heterocycles. The number of nitrogens with zero attached hydrogens (tertiary/aromatic N) is 1. The summed E-state index contributed by atoms with van der Waals surface area (Å²) in [6.45, 7) is 5.65. The highest BCUT2D eigenvalue weighted by Gasteiger charge is 2.19. The molecule has 5 heteroatoms. The first-order valence-corrected chi connectivity index (χ1v) is 7.88. The standard InChI is InChI=1S/C16H23ClN2O2/c1-3-8-19-9-6-12(7-10-19)18-13-4-5-15(17)14(11-13)16(20)21-2/h4-5,11-12,18H,3,6-10H2,1-2H3. The van der Waals surface area contributed by atoms with Gasteiger partial charge in [-0.3, -0.25) is 0 Å². The molecule has 0 amide bonds. The lowest BCUT2D eigenvalue weighted by Crippen LogP contribution is -2.39. The number of nitrogens with one attached hydrogen (secondary N) is 1. The van der Waals surface area contributed by atoms with Crippen LogP contribution in [-0.2, 0) is 4.74 Å². The van der Waals surface area contributed by atoms with Crippen LogP contribution < -0.4 is 5.32 Å². The number of hydrogen-bond donors (Lipinski definition) is 1. The van der Waals surface area contributed by atoms with Crippen molar-refractivity contribution in [3.05, 3.63) is 28.8 Å². The van der Waals surface area contributed by atoms with Gasteiger partial charge in [0.1, 0.15) is 0 Å². The van der Waals surface area contributed by atoms with E-state index in [1.165, 1.54) is 20.1 Å². The summed E-state index contributed by atoms with van der Waals surface area (Å²) in [5.41, 5.74) is 1.33. The van der Waals surface area contributed by atoms with Crippen LogP contribution in [0, 0.1) is 0 Å². The van der Waals surface area contributed by atoms with E-state index >= 15 is 0 Å². The van der Waals surface area contributed by atoms with Crippen LogP contribution in [0.25, 0.3) is 0 Å². The van der Waals surface area contributed by atoms with E-state index in [0.29, 0.717) is 16.6 Å². The average Bonchev–Trinajstić information content (AvgIpc) is 2.50. The van der Waals surface area contributed by atoms with Crippen LogP contribution >= 0.6 is 11.6 Å². The van der Waals surface area contributed by atoms with Crippen molar-refractivity contribution in [3.8, 4) is 0 Å². The molecule has 116 valence electrons. The van der Waals surface area contributed by atoms with Crippen LogP contribution in [0.1, 0.15) is 36.5 Å². The maximum atomic E-state index is 11.7. The number of rotatable bonds is 5. The summed E-state index contributed by atoms with van der Waals surface area (Å²) >= 11 is 6.03. The molecular formula is C16H23ClN2O2. The number of ether oxygens (including phenoxy) is 1. The first kappa shape index (κ1) is 16.1. The van der Waals surface area contributed by atoms with Crippen molar-refractivity contribution in [3.63, 3.8) is 0 Å². The highest BCUT2D eigenvalue weighted by atomic mass is 35.5. The molecule has 0 saturated carbocycles. The van der Waals surface area contributed by atoms with Gasteiger partial charge in [0.2, 0.25) is 0 Å². The summed E-state index contributed by atoms with van der Waals surface area (Å²) in [4.78, 5) is 14.2. The number of benzene rings is 1. The van der Waals surface area contributed by atoms with Gasteiger partial charge in [0.05, 0.1) is 17.7 Å². The van der Waals surface area contributed by atoms with E-state index in [0.717, 1.165) is 31.6 Å². The van der Waals surface area contributed by atoms with Crippen molar-refractivity contribution in [1.82, 2.24) is 4.90 Å². The van der Waals surface area contributed by atoms with E-state index in [-0.39, 0.29) is 0 Å². The van der Waals surface area contributed by atoms with Gasteiger partial charge in [-0.1, -0.05) is 18.5 Å². The smallest absolute Gasteiger partial charge is 0.339 e. The molecule has 0 radical (unpaired) electrons. The van der Waals surface area contributed by atoms with Gasteiger partial charge in [-0.25, -0.2) is 4.79 Å². The lowest BCUT2D eigenvalue weighted by Gasteiger charge is -2.32. The molecule has 1 aromatic carbocycles. The van der Waals surface area contributed by atoms with E-state index in [4.69, 9.17) is 16.3 Å². The fourth-order valence-electron chi connectivity index (χ4n) is 2.73. The summed E-state index contributed by atoms with van der Waals surface area (Å²) in [6, 6.07) is 5.87. The quantitative estimate of drug-likeness (QED) is 0.846. The van der Waals surface area contributed by atoms with Crippen LogP contribution in [0.2, 0.25) is 5.02 Å². The van der Waals surface area contributed by atoms with Crippen molar-refractivity contribution in [2.45, 2.75) is 32.2 Å². The Kier molecular flexibility index (Phi) is 5.88. The number of piperidine rings is 1. The summed E-state index contributed by atoms with van der Waals surface area (Å²) in [5.74, 6) is -0.401. The fourth-order valence-corrected chi connectivity index (χ4v) is 2.93. The van der Waals surface area contributed by atoms with Gasteiger partial charge >= 0.3 is 5.97 Å². The van der Waals surface area contributed by atoms with Gasteiger partial charge in [0.25, 0.3) is 0 Å². The Hall–Kier alpha value is -1.26. The molecule has 1 fully saturated rings. The minimum Gasteiger partial charge on any atom is -0.465 e. The molecule has 1 aliphatic heterocycles. The molecule has 0 spiro atoms. The second-order valence-corrected chi connectivity index (χ2v) is 5.85. The summed E-state index contributed by atoms with van der Waals surface area (Å²) in [5, 5.41) is 3.92. The summed E-state index contributed by atoms with van der Waals surface area (Å²) < 4.78 is 4.75. The molecular weight excluding hydrogens is 288 g/mol. The Labute approximate surface area is 131 Å². The van der Waals surface area contributed by atoms with E-state index in [1.807, 2.05) is 6.07 Å².